The molecule has 9 heteroatoms. The van der Waals surface area contributed by atoms with Crippen LogP contribution in [0.15, 0.2) is 35.5 Å². The van der Waals surface area contributed by atoms with Crippen LogP contribution in [-0.4, -0.2) is 57.5 Å². The van der Waals surface area contributed by atoms with Crippen LogP contribution in [0.5, 0.6) is 0 Å². The number of carbonyl (C=O) groups is 2. The standard InChI is InChI=1S/C23H34N6O2S/c1-17(2)15-29-20(26-27-23(29)32-3)12-7-13-24-21(30)18-9-8-14-28(16-18)22(31)25-19-10-5-4-6-11-19/h4-6,10-11,17-18H,7-9,12-16H2,1-3H3,(H,24,30)(H,25,31). The van der Waals surface area contributed by atoms with Crippen LogP contribution < -0.4 is 10.6 Å². The van der Waals surface area contributed by atoms with E-state index in [1.165, 1.54) is 0 Å². The van der Waals surface area contributed by atoms with Gasteiger partial charge >= 0.3 is 6.03 Å². The number of thioether (sulfide) groups is 1. The van der Waals surface area contributed by atoms with Crippen LogP contribution in [0.2, 0.25) is 0 Å². The second-order valence-corrected chi connectivity index (χ2v) is 9.36. The fourth-order valence-corrected chi connectivity index (χ4v) is 4.43. The minimum Gasteiger partial charge on any atom is -0.356 e. The molecule has 8 nitrogen and oxygen atoms in total. The summed E-state index contributed by atoms with van der Waals surface area (Å²) in [7, 11) is 0. The molecule has 32 heavy (non-hydrogen) atoms. The Morgan fingerprint density at radius 3 is 2.72 bits per heavy atom. The third kappa shape index (κ3) is 6.72. The molecule has 0 spiro atoms. The van der Waals surface area contributed by atoms with Crippen molar-refractivity contribution in [3.05, 3.63) is 36.2 Å². The third-order valence-corrected chi connectivity index (χ3v) is 6.17. The Labute approximate surface area is 194 Å². The molecule has 1 fully saturated rings. The summed E-state index contributed by atoms with van der Waals surface area (Å²) in [4.78, 5) is 27.0. The second kappa shape index (κ2) is 11.9. The summed E-state index contributed by atoms with van der Waals surface area (Å²) in [5.74, 6) is 1.34. The number of hydrogen-bond acceptors (Lipinski definition) is 5. The van der Waals surface area contributed by atoms with Crippen molar-refractivity contribution < 1.29 is 9.59 Å². The number of hydrogen-bond donors (Lipinski definition) is 2. The van der Waals surface area contributed by atoms with Gasteiger partial charge in [0.1, 0.15) is 5.82 Å². The summed E-state index contributed by atoms with van der Waals surface area (Å²) in [5, 5.41) is 15.5. The predicted molar refractivity (Wildman–Crippen MR) is 128 cm³/mol. The van der Waals surface area contributed by atoms with Crippen molar-refractivity contribution in [1.29, 1.82) is 0 Å². The van der Waals surface area contributed by atoms with E-state index in [0.717, 1.165) is 48.9 Å². The average Bonchev–Trinajstić information content (AvgIpc) is 3.18. The van der Waals surface area contributed by atoms with Gasteiger partial charge in [0.25, 0.3) is 0 Å². The maximum atomic E-state index is 12.7. The summed E-state index contributed by atoms with van der Waals surface area (Å²) < 4.78 is 2.18. The monoisotopic (exact) mass is 458 g/mol. The molecule has 1 atom stereocenters. The molecule has 1 saturated heterocycles. The van der Waals surface area contributed by atoms with Gasteiger partial charge in [-0.15, -0.1) is 10.2 Å². The molecule has 0 aliphatic carbocycles. The fourth-order valence-electron chi connectivity index (χ4n) is 3.91. The van der Waals surface area contributed by atoms with Crippen molar-refractivity contribution >= 4 is 29.4 Å². The molecule has 1 aromatic carbocycles. The van der Waals surface area contributed by atoms with Gasteiger partial charge < -0.3 is 20.1 Å². The lowest BCUT2D eigenvalue weighted by Crippen LogP contribution is -2.47. The zero-order valence-electron chi connectivity index (χ0n) is 19.2. The Morgan fingerprint density at radius 2 is 2.00 bits per heavy atom. The van der Waals surface area contributed by atoms with Gasteiger partial charge in [-0.05, 0) is 43.6 Å². The van der Waals surface area contributed by atoms with Crippen LogP contribution in [0.1, 0.15) is 38.9 Å². The largest absolute Gasteiger partial charge is 0.356 e. The fraction of sp³-hybridized carbons (Fsp3) is 0.565. The van der Waals surface area contributed by atoms with E-state index in [1.54, 1.807) is 16.7 Å². The normalized spacial score (nSPS) is 16.2. The lowest BCUT2D eigenvalue weighted by Gasteiger charge is -2.32. The number of anilines is 1. The quantitative estimate of drug-likeness (QED) is 0.442. The van der Waals surface area contributed by atoms with Gasteiger partial charge in [0.2, 0.25) is 5.91 Å². The SMILES string of the molecule is CSc1nnc(CCCNC(=O)C2CCCN(C(=O)Nc3ccccc3)C2)n1CC(C)C. The number of likely N-dealkylation sites (tertiary alicyclic amines) is 1. The van der Waals surface area contributed by atoms with Crippen molar-refractivity contribution in [2.45, 2.75) is 51.2 Å². The average molecular weight is 459 g/mol. The molecule has 2 heterocycles. The summed E-state index contributed by atoms with van der Waals surface area (Å²) in [5.41, 5.74) is 0.763. The van der Waals surface area contributed by atoms with E-state index in [1.807, 2.05) is 36.6 Å². The van der Waals surface area contributed by atoms with Crippen molar-refractivity contribution in [2.75, 3.05) is 31.2 Å². The highest BCUT2D eigenvalue weighted by molar-refractivity contribution is 7.98. The lowest BCUT2D eigenvalue weighted by molar-refractivity contribution is -0.126. The van der Waals surface area contributed by atoms with Crippen LogP contribution in [0.3, 0.4) is 0 Å². The van der Waals surface area contributed by atoms with Crippen molar-refractivity contribution in [2.24, 2.45) is 11.8 Å². The van der Waals surface area contributed by atoms with Gasteiger partial charge in [-0.25, -0.2) is 4.79 Å². The number of urea groups is 1. The third-order valence-electron chi connectivity index (χ3n) is 5.50. The van der Waals surface area contributed by atoms with Crippen molar-refractivity contribution in [3.63, 3.8) is 0 Å². The highest BCUT2D eigenvalue weighted by Crippen LogP contribution is 2.19. The molecule has 1 aliphatic rings. The number of nitrogens with zero attached hydrogens (tertiary/aromatic N) is 4. The first kappa shape index (κ1) is 24.1. The first-order valence-corrected chi connectivity index (χ1v) is 12.5. The van der Waals surface area contributed by atoms with Gasteiger partial charge in [-0.3, -0.25) is 4.79 Å². The second-order valence-electron chi connectivity index (χ2n) is 8.58. The summed E-state index contributed by atoms with van der Waals surface area (Å²) in [6.07, 6.45) is 5.23. The topological polar surface area (TPSA) is 92.2 Å². The zero-order chi connectivity index (χ0) is 22.9. The number of amides is 3. The predicted octanol–water partition coefficient (Wildman–Crippen LogP) is 3.65. The Kier molecular flexibility index (Phi) is 8.96. The first-order chi connectivity index (χ1) is 15.5. The molecular weight excluding hydrogens is 424 g/mol. The minimum absolute atomic E-state index is 0.0238. The van der Waals surface area contributed by atoms with Crippen molar-refractivity contribution in [3.8, 4) is 0 Å². The number of aromatic nitrogens is 3. The molecule has 1 aliphatic heterocycles. The van der Waals surface area contributed by atoms with Crippen LogP contribution in [0, 0.1) is 11.8 Å². The summed E-state index contributed by atoms with van der Waals surface area (Å²) in [6.45, 7) is 6.97. The van der Waals surface area contributed by atoms with E-state index >= 15 is 0 Å². The van der Waals surface area contributed by atoms with Gasteiger partial charge in [0.15, 0.2) is 5.16 Å². The van der Waals surface area contributed by atoms with E-state index < -0.39 is 0 Å². The van der Waals surface area contributed by atoms with E-state index in [2.05, 4.69) is 39.2 Å². The molecule has 3 rings (SSSR count). The molecule has 1 unspecified atom stereocenters. The molecule has 174 valence electrons. The number of aryl methyl sites for hydroxylation is 1. The number of nitrogens with one attached hydrogen (secondary N) is 2. The van der Waals surface area contributed by atoms with Crippen LogP contribution in [0.25, 0.3) is 0 Å². The maximum Gasteiger partial charge on any atom is 0.321 e. The van der Waals surface area contributed by atoms with Gasteiger partial charge in [-0.2, -0.15) is 0 Å². The van der Waals surface area contributed by atoms with Gasteiger partial charge in [0, 0.05) is 38.3 Å². The lowest BCUT2D eigenvalue weighted by atomic mass is 9.97. The molecule has 0 bridgehead atoms. The number of benzene rings is 1. The molecule has 2 N–H and O–H groups in total. The maximum absolute atomic E-state index is 12.7. The Balaban J connectivity index is 1.44. The summed E-state index contributed by atoms with van der Waals surface area (Å²) in [6, 6.07) is 9.24. The van der Waals surface area contributed by atoms with Crippen molar-refractivity contribution in [1.82, 2.24) is 25.0 Å². The Hall–Kier alpha value is -2.55. The molecule has 0 radical (unpaired) electrons. The van der Waals surface area contributed by atoms with Crippen LogP contribution in [-0.2, 0) is 17.8 Å². The zero-order valence-corrected chi connectivity index (χ0v) is 20.0. The van der Waals surface area contributed by atoms with Gasteiger partial charge in [-0.1, -0.05) is 43.8 Å². The number of rotatable bonds is 9. The molecule has 3 amide bonds. The Morgan fingerprint density at radius 1 is 1.22 bits per heavy atom. The minimum atomic E-state index is -0.169. The molecule has 1 aromatic heterocycles. The molecule has 0 saturated carbocycles. The van der Waals surface area contributed by atoms with Crippen LogP contribution in [0.4, 0.5) is 10.5 Å². The van der Waals surface area contributed by atoms with Crippen LogP contribution >= 0.6 is 11.8 Å². The highest BCUT2D eigenvalue weighted by Gasteiger charge is 2.28. The highest BCUT2D eigenvalue weighted by atomic mass is 32.2. The van der Waals surface area contributed by atoms with E-state index in [9.17, 15) is 9.59 Å². The number of para-hydroxylation sites is 1. The first-order valence-electron chi connectivity index (χ1n) is 11.3. The summed E-state index contributed by atoms with van der Waals surface area (Å²) >= 11 is 1.61. The van der Waals surface area contributed by atoms with E-state index in [0.29, 0.717) is 25.6 Å². The van der Waals surface area contributed by atoms with E-state index in [-0.39, 0.29) is 17.9 Å². The van der Waals surface area contributed by atoms with Gasteiger partial charge in [0.05, 0.1) is 5.92 Å². The Bertz CT molecular complexity index is 886. The number of piperidine rings is 1. The molecular formula is C23H34N6O2S. The number of carbonyl (C=O) groups excluding carboxylic acids is 2. The van der Waals surface area contributed by atoms with E-state index in [4.69, 9.17) is 0 Å². The molecule has 2 aromatic rings. The smallest absolute Gasteiger partial charge is 0.321 e.